The minimum atomic E-state index is -4.53. The Kier molecular flexibility index (Phi) is 10.9. The number of alkyl halides is 3. The van der Waals surface area contributed by atoms with Crippen LogP contribution in [0.5, 0.6) is 5.75 Å². The number of thiocarbonyl (C=S) groups is 1. The lowest BCUT2D eigenvalue weighted by atomic mass is 10.1. The molecular formula is C28H27BrF3N3O3S. The SMILES string of the molecule is CCCCCCOc1ccc(Br)cc1C(=O)NC(=S)Nc1cccc(C(=O)Nc2cccc(C(F)(F)F)c2)c1. The van der Waals surface area contributed by atoms with Gasteiger partial charge in [-0.1, -0.05) is 54.2 Å². The summed E-state index contributed by atoms with van der Waals surface area (Å²) in [7, 11) is 0. The van der Waals surface area contributed by atoms with Crippen LogP contribution in [0.2, 0.25) is 0 Å². The Morgan fingerprint density at radius 2 is 1.62 bits per heavy atom. The van der Waals surface area contributed by atoms with Gasteiger partial charge in [0.25, 0.3) is 11.8 Å². The molecule has 0 radical (unpaired) electrons. The summed E-state index contributed by atoms with van der Waals surface area (Å²) in [5.41, 5.74) is 0.0230. The van der Waals surface area contributed by atoms with Gasteiger partial charge in [0.2, 0.25) is 0 Å². The zero-order chi connectivity index (χ0) is 28.4. The average molecular weight is 623 g/mol. The molecule has 0 unspecified atom stereocenters. The third kappa shape index (κ3) is 9.36. The first-order chi connectivity index (χ1) is 18.6. The van der Waals surface area contributed by atoms with Crippen molar-refractivity contribution in [3.63, 3.8) is 0 Å². The van der Waals surface area contributed by atoms with E-state index in [1.54, 1.807) is 30.3 Å². The monoisotopic (exact) mass is 621 g/mol. The maximum absolute atomic E-state index is 13.0. The van der Waals surface area contributed by atoms with Gasteiger partial charge in [0, 0.05) is 21.4 Å². The number of ether oxygens (including phenoxy) is 1. The summed E-state index contributed by atoms with van der Waals surface area (Å²) in [5.74, 6) is -0.651. The van der Waals surface area contributed by atoms with Crippen LogP contribution in [0.1, 0.15) is 58.9 Å². The summed E-state index contributed by atoms with van der Waals surface area (Å²) in [6.45, 7) is 2.61. The second kappa shape index (κ2) is 14.1. The summed E-state index contributed by atoms with van der Waals surface area (Å²) in [5, 5.41) is 7.90. The van der Waals surface area contributed by atoms with Crippen LogP contribution < -0.4 is 20.7 Å². The number of amides is 2. The number of benzene rings is 3. The quantitative estimate of drug-likeness (QED) is 0.159. The Hall–Kier alpha value is -3.44. The van der Waals surface area contributed by atoms with E-state index in [0.717, 1.165) is 37.8 Å². The third-order valence-corrected chi connectivity index (χ3v) is 6.20. The van der Waals surface area contributed by atoms with E-state index in [4.69, 9.17) is 17.0 Å². The average Bonchev–Trinajstić information content (AvgIpc) is 2.89. The molecule has 39 heavy (non-hydrogen) atoms. The predicted octanol–water partition coefficient (Wildman–Crippen LogP) is 7.81. The molecule has 3 rings (SSSR count). The van der Waals surface area contributed by atoms with Crippen LogP contribution in [0.25, 0.3) is 0 Å². The molecule has 0 saturated carbocycles. The highest BCUT2D eigenvalue weighted by atomic mass is 79.9. The highest BCUT2D eigenvalue weighted by Crippen LogP contribution is 2.31. The highest BCUT2D eigenvalue weighted by Gasteiger charge is 2.30. The number of halogens is 4. The van der Waals surface area contributed by atoms with Crippen LogP contribution >= 0.6 is 28.1 Å². The van der Waals surface area contributed by atoms with Crippen molar-refractivity contribution in [2.75, 3.05) is 17.2 Å². The van der Waals surface area contributed by atoms with Crippen molar-refractivity contribution in [2.45, 2.75) is 38.8 Å². The largest absolute Gasteiger partial charge is 0.493 e. The van der Waals surface area contributed by atoms with Gasteiger partial charge in [0.05, 0.1) is 17.7 Å². The number of anilines is 2. The van der Waals surface area contributed by atoms with Crippen molar-refractivity contribution in [3.05, 3.63) is 87.9 Å². The van der Waals surface area contributed by atoms with E-state index in [2.05, 4.69) is 38.8 Å². The fraction of sp³-hybridized carbons (Fsp3) is 0.250. The van der Waals surface area contributed by atoms with E-state index in [0.29, 0.717) is 28.1 Å². The summed E-state index contributed by atoms with van der Waals surface area (Å²) in [6, 6.07) is 15.7. The van der Waals surface area contributed by atoms with Gasteiger partial charge < -0.3 is 15.4 Å². The number of hydrogen-bond donors (Lipinski definition) is 3. The van der Waals surface area contributed by atoms with Crippen molar-refractivity contribution in [1.29, 1.82) is 0 Å². The van der Waals surface area contributed by atoms with Crippen molar-refractivity contribution in [1.82, 2.24) is 5.32 Å². The molecular weight excluding hydrogens is 595 g/mol. The van der Waals surface area contributed by atoms with Gasteiger partial charge in [-0.05, 0) is 73.2 Å². The van der Waals surface area contributed by atoms with Crippen LogP contribution in [0.3, 0.4) is 0 Å². The smallest absolute Gasteiger partial charge is 0.416 e. The molecule has 11 heteroatoms. The molecule has 0 saturated heterocycles. The van der Waals surface area contributed by atoms with Crippen LogP contribution in [-0.4, -0.2) is 23.5 Å². The van der Waals surface area contributed by atoms with Crippen LogP contribution in [0.4, 0.5) is 24.5 Å². The van der Waals surface area contributed by atoms with Crippen molar-refractivity contribution in [2.24, 2.45) is 0 Å². The number of rotatable bonds is 10. The number of unbranched alkanes of at least 4 members (excludes halogenated alkanes) is 3. The van der Waals surface area contributed by atoms with E-state index >= 15 is 0 Å². The normalized spacial score (nSPS) is 11.0. The number of carbonyl (C=O) groups is 2. The van der Waals surface area contributed by atoms with Gasteiger partial charge in [-0.15, -0.1) is 0 Å². The molecule has 2 amide bonds. The summed E-state index contributed by atoms with van der Waals surface area (Å²) < 4.78 is 45.4. The standard InChI is InChI=1S/C28H27BrF3N3O3S/c1-2-3-4-5-14-38-24-13-12-20(29)17-23(24)26(37)35-27(39)34-21-10-6-8-18(15-21)25(36)33-22-11-7-9-19(16-22)28(30,31)32/h6-13,15-17H,2-5,14H2,1H3,(H,33,36)(H2,34,35,37,39). The van der Waals surface area contributed by atoms with Crippen molar-refractivity contribution >= 4 is 56.4 Å². The van der Waals surface area contributed by atoms with Crippen LogP contribution in [-0.2, 0) is 6.18 Å². The fourth-order valence-corrected chi connectivity index (χ4v) is 4.14. The lowest BCUT2D eigenvalue weighted by Gasteiger charge is -2.14. The first-order valence-corrected chi connectivity index (χ1v) is 13.4. The summed E-state index contributed by atoms with van der Waals surface area (Å²) >= 11 is 8.65. The molecule has 0 heterocycles. The Morgan fingerprint density at radius 1 is 0.897 bits per heavy atom. The van der Waals surface area contributed by atoms with E-state index in [1.165, 1.54) is 24.3 Å². The highest BCUT2D eigenvalue weighted by molar-refractivity contribution is 9.10. The second-order valence-corrected chi connectivity index (χ2v) is 9.90. The number of nitrogens with one attached hydrogen (secondary N) is 3. The Balaban J connectivity index is 1.62. The molecule has 0 fully saturated rings. The minimum absolute atomic E-state index is 0.00776. The zero-order valence-corrected chi connectivity index (χ0v) is 23.4. The van der Waals surface area contributed by atoms with Gasteiger partial charge in [-0.3, -0.25) is 14.9 Å². The van der Waals surface area contributed by atoms with E-state index in [9.17, 15) is 22.8 Å². The maximum Gasteiger partial charge on any atom is 0.416 e. The molecule has 0 aromatic heterocycles. The molecule has 3 aromatic rings. The zero-order valence-electron chi connectivity index (χ0n) is 21.0. The minimum Gasteiger partial charge on any atom is -0.493 e. The molecule has 0 atom stereocenters. The van der Waals surface area contributed by atoms with E-state index in [-0.39, 0.29) is 16.4 Å². The molecule has 0 spiro atoms. The molecule has 6 nitrogen and oxygen atoms in total. The Labute approximate surface area is 238 Å². The van der Waals surface area contributed by atoms with Gasteiger partial charge >= 0.3 is 6.18 Å². The first-order valence-electron chi connectivity index (χ1n) is 12.2. The van der Waals surface area contributed by atoms with Crippen molar-refractivity contribution < 1.29 is 27.5 Å². The van der Waals surface area contributed by atoms with Gasteiger partial charge in [0.1, 0.15) is 5.75 Å². The van der Waals surface area contributed by atoms with Crippen molar-refractivity contribution in [3.8, 4) is 5.75 Å². The molecule has 0 bridgehead atoms. The topological polar surface area (TPSA) is 79.5 Å². The molecule has 3 aromatic carbocycles. The Morgan fingerprint density at radius 3 is 2.33 bits per heavy atom. The van der Waals surface area contributed by atoms with Gasteiger partial charge in [0.15, 0.2) is 5.11 Å². The molecule has 0 aliphatic rings. The van der Waals surface area contributed by atoms with E-state index < -0.39 is 23.6 Å². The second-order valence-electron chi connectivity index (χ2n) is 8.57. The maximum atomic E-state index is 13.0. The third-order valence-electron chi connectivity index (χ3n) is 5.50. The number of carbonyl (C=O) groups excluding carboxylic acids is 2. The predicted molar refractivity (Wildman–Crippen MR) is 153 cm³/mol. The number of hydrogen-bond acceptors (Lipinski definition) is 4. The van der Waals surface area contributed by atoms with E-state index in [1.807, 2.05) is 0 Å². The summed E-state index contributed by atoms with van der Waals surface area (Å²) in [6.07, 6.45) is -0.380. The van der Waals surface area contributed by atoms with Gasteiger partial charge in [-0.2, -0.15) is 13.2 Å². The molecule has 0 aliphatic carbocycles. The Bertz CT molecular complexity index is 1330. The lowest BCUT2D eigenvalue weighted by molar-refractivity contribution is -0.137. The first kappa shape index (κ1) is 30.1. The summed E-state index contributed by atoms with van der Waals surface area (Å²) in [4.78, 5) is 25.6. The molecule has 3 N–H and O–H groups in total. The fourth-order valence-electron chi connectivity index (χ4n) is 3.56. The van der Waals surface area contributed by atoms with Crippen LogP contribution in [0.15, 0.2) is 71.2 Å². The van der Waals surface area contributed by atoms with Crippen LogP contribution in [0, 0.1) is 0 Å². The van der Waals surface area contributed by atoms with Gasteiger partial charge in [-0.25, -0.2) is 0 Å². The molecule has 0 aliphatic heterocycles. The molecule has 206 valence electrons. The lowest BCUT2D eigenvalue weighted by Crippen LogP contribution is -2.34.